The molecule has 0 aliphatic carbocycles. The van der Waals surface area contributed by atoms with Gasteiger partial charge in [-0.05, 0) is 55.3 Å². The van der Waals surface area contributed by atoms with Gasteiger partial charge >= 0.3 is 0 Å². The van der Waals surface area contributed by atoms with E-state index >= 15 is 0 Å². The molecule has 0 saturated heterocycles. The maximum Gasteiger partial charge on any atom is 0.239 e. The molecule has 0 heterocycles. The highest BCUT2D eigenvalue weighted by Crippen LogP contribution is 2.17. The number of nitrogens with zero attached hydrogens (tertiary/aromatic N) is 1. The van der Waals surface area contributed by atoms with E-state index in [0.717, 1.165) is 17.1 Å². The standard InChI is InChI=1S/C22H27ClN2O4/c1-3-25(16-21(26)24-15-17-6-8-18(23)9-7-17)22(27)5-4-14-29-20-12-10-19(28-2)11-13-20/h6-13H,3-5,14-16H2,1-2H3,(H,24,26). The summed E-state index contributed by atoms with van der Waals surface area (Å²) in [5.41, 5.74) is 0.952. The molecule has 2 rings (SSSR count). The summed E-state index contributed by atoms with van der Waals surface area (Å²) in [6.45, 7) is 3.21. The van der Waals surface area contributed by atoms with Crippen molar-refractivity contribution in [2.75, 3.05) is 26.8 Å². The normalized spacial score (nSPS) is 10.3. The predicted molar refractivity (Wildman–Crippen MR) is 113 cm³/mol. The number of halogens is 1. The summed E-state index contributed by atoms with van der Waals surface area (Å²) in [5.74, 6) is 1.24. The molecule has 0 unspecified atom stereocenters. The molecular weight excluding hydrogens is 392 g/mol. The van der Waals surface area contributed by atoms with E-state index in [1.54, 1.807) is 24.1 Å². The molecule has 1 N–H and O–H groups in total. The quantitative estimate of drug-likeness (QED) is 0.565. The highest BCUT2D eigenvalue weighted by atomic mass is 35.5. The van der Waals surface area contributed by atoms with E-state index in [0.29, 0.717) is 37.6 Å². The smallest absolute Gasteiger partial charge is 0.239 e. The number of likely N-dealkylation sites (N-methyl/N-ethyl adjacent to an activating group) is 1. The second-order valence-corrected chi connectivity index (χ2v) is 6.88. The zero-order valence-corrected chi connectivity index (χ0v) is 17.6. The maximum absolute atomic E-state index is 12.4. The van der Waals surface area contributed by atoms with Crippen molar-refractivity contribution in [1.82, 2.24) is 10.2 Å². The summed E-state index contributed by atoms with van der Waals surface area (Å²) in [4.78, 5) is 26.1. The van der Waals surface area contributed by atoms with Crippen molar-refractivity contribution in [3.8, 4) is 11.5 Å². The predicted octanol–water partition coefficient (Wildman–Crippen LogP) is 3.67. The third kappa shape index (κ3) is 8.03. The van der Waals surface area contributed by atoms with Crippen LogP contribution in [0.1, 0.15) is 25.3 Å². The Morgan fingerprint density at radius 1 is 1.03 bits per heavy atom. The van der Waals surface area contributed by atoms with Crippen molar-refractivity contribution in [3.63, 3.8) is 0 Å². The van der Waals surface area contributed by atoms with Crippen LogP contribution in [0.2, 0.25) is 5.02 Å². The summed E-state index contributed by atoms with van der Waals surface area (Å²) >= 11 is 5.85. The molecule has 2 aromatic carbocycles. The second-order valence-electron chi connectivity index (χ2n) is 6.44. The minimum absolute atomic E-state index is 0.0439. The number of methoxy groups -OCH3 is 1. The first kappa shape index (κ1) is 22.6. The van der Waals surface area contributed by atoms with Gasteiger partial charge in [0.1, 0.15) is 11.5 Å². The Morgan fingerprint density at radius 2 is 1.69 bits per heavy atom. The van der Waals surface area contributed by atoms with Gasteiger partial charge in [-0.1, -0.05) is 23.7 Å². The number of nitrogens with one attached hydrogen (secondary N) is 1. The Bertz CT molecular complexity index is 778. The fraction of sp³-hybridized carbons (Fsp3) is 0.364. The average molecular weight is 419 g/mol. The molecule has 0 spiro atoms. The fourth-order valence-electron chi connectivity index (χ4n) is 2.65. The lowest BCUT2D eigenvalue weighted by Crippen LogP contribution is -2.40. The van der Waals surface area contributed by atoms with Crippen LogP contribution in [0.25, 0.3) is 0 Å². The van der Waals surface area contributed by atoms with Gasteiger partial charge < -0.3 is 19.7 Å². The average Bonchev–Trinajstić information content (AvgIpc) is 2.75. The van der Waals surface area contributed by atoms with Crippen molar-refractivity contribution >= 4 is 23.4 Å². The van der Waals surface area contributed by atoms with Crippen LogP contribution in [0.15, 0.2) is 48.5 Å². The monoisotopic (exact) mass is 418 g/mol. The van der Waals surface area contributed by atoms with Gasteiger partial charge in [0.05, 0.1) is 20.3 Å². The van der Waals surface area contributed by atoms with Gasteiger partial charge in [-0.2, -0.15) is 0 Å². The van der Waals surface area contributed by atoms with Gasteiger partial charge in [0.15, 0.2) is 0 Å². The summed E-state index contributed by atoms with van der Waals surface area (Å²) in [5, 5.41) is 3.48. The minimum Gasteiger partial charge on any atom is -0.497 e. The summed E-state index contributed by atoms with van der Waals surface area (Å²) < 4.78 is 10.7. The molecule has 7 heteroatoms. The number of carbonyl (C=O) groups is 2. The highest BCUT2D eigenvalue weighted by Gasteiger charge is 2.15. The Kier molecular flexibility index (Phi) is 9.31. The number of hydrogen-bond acceptors (Lipinski definition) is 4. The maximum atomic E-state index is 12.4. The first-order valence-electron chi connectivity index (χ1n) is 9.57. The third-order valence-electron chi connectivity index (χ3n) is 4.33. The number of carbonyl (C=O) groups excluding carboxylic acids is 2. The van der Waals surface area contributed by atoms with Gasteiger partial charge in [0, 0.05) is 24.5 Å². The van der Waals surface area contributed by atoms with E-state index in [-0.39, 0.29) is 18.4 Å². The molecule has 0 atom stereocenters. The van der Waals surface area contributed by atoms with Crippen LogP contribution in [0.3, 0.4) is 0 Å². The van der Waals surface area contributed by atoms with Crippen LogP contribution < -0.4 is 14.8 Å². The lowest BCUT2D eigenvalue weighted by Gasteiger charge is -2.20. The molecule has 156 valence electrons. The van der Waals surface area contributed by atoms with Gasteiger partial charge in [-0.25, -0.2) is 0 Å². The zero-order valence-electron chi connectivity index (χ0n) is 16.8. The van der Waals surface area contributed by atoms with Crippen LogP contribution in [0.5, 0.6) is 11.5 Å². The van der Waals surface area contributed by atoms with Crippen LogP contribution in [0, 0.1) is 0 Å². The molecule has 6 nitrogen and oxygen atoms in total. The molecule has 29 heavy (non-hydrogen) atoms. The molecular formula is C22H27ClN2O4. The molecule has 2 amide bonds. The van der Waals surface area contributed by atoms with E-state index in [1.807, 2.05) is 43.3 Å². The van der Waals surface area contributed by atoms with Crippen molar-refractivity contribution in [3.05, 3.63) is 59.1 Å². The first-order valence-corrected chi connectivity index (χ1v) is 9.95. The fourth-order valence-corrected chi connectivity index (χ4v) is 2.78. The van der Waals surface area contributed by atoms with E-state index in [9.17, 15) is 9.59 Å². The number of amides is 2. The molecule has 0 radical (unpaired) electrons. The topological polar surface area (TPSA) is 67.9 Å². The van der Waals surface area contributed by atoms with E-state index in [4.69, 9.17) is 21.1 Å². The molecule has 0 aliphatic heterocycles. The van der Waals surface area contributed by atoms with Gasteiger partial charge in [-0.3, -0.25) is 9.59 Å². The SMILES string of the molecule is CCN(CC(=O)NCc1ccc(Cl)cc1)C(=O)CCCOc1ccc(OC)cc1. The molecule has 0 aromatic heterocycles. The highest BCUT2D eigenvalue weighted by molar-refractivity contribution is 6.30. The van der Waals surface area contributed by atoms with Gasteiger partial charge in [-0.15, -0.1) is 0 Å². The van der Waals surface area contributed by atoms with Crippen LogP contribution in [-0.4, -0.2) is 43.5 Å². The van der Waals surface area contributed by atoms with E-state index in [1.165, 1.54) is 0 Å². The van der Waals surface area contributed by atoms with Gasteiger partial charge in [0.2, 0.25) is 11.8 Å². The summed E-state index contributed by atoms with van der Waals surface area (Å²) in [7, 11) is 1.61. The molecule has 0 aliphatic rings. The Morgan fingerprint density at radius 3 is 2.31 bits per heavy atom. The molecule has 0 fully saturated rings. The molecule has 2 aromatic rings. The van der Waals surface area contributed by atoms with Crippen LogP contribution in [-0.2, 0) is 16.1 Å². The third-order valence-corrected chi connectivity index (χ3v) is 4.59. The number of ether oxygens (including phenoxy) is 2. The lowest BCUT2D eigenvalue weighted by molar-refractivity contribution is -0.136. The van der Waals surface area contributed by atoms with Gasteiger partial charge in [0.25, 0.3) is 0 Å². The largest absolute Gasteiger partial charge is 0.497 e. The zero-order chi connectivity index (χ0) is 21.1. The van der Waals surface area contributed by atoms with Crippen LogP contribution >= 0.6 is 11.6 Å². The van der Waals surface area contributed by atoms with E-state index in [2.05, 4.69) is 5.32 Å². The minimum atomic E-state index is -0.190. The van der Waals surface area contributed by atoms with Crippen molar-refractivity contribution in [2.45, 2.75) is 26.3 Å². The number of benzene rings is 2. The summed E-state index contributed by atoms with van der Waals surface area (Å²) in [6, 6.07) is 14.6. The lowest BCUT2D eigenvalue weighted by atomic mass is 10.2. The number of hydrogen-bond donors (Lipinski definition) is 1. The number of rotatable bonds is 11. The Labute approximate surface area is 176 Å². The summed E-state index contributed by atoms with van der Waals surface area (Å²) in [6.07, 6.45) is 0.905. The van der Waals surface area contributed by atoms with Crippen molar-refractivity contribution in [2.24, 2.45) is 0 Å². The van der Waals surface area contributed by atoms with Crippen molar-refractivity contribution in [1.29, 1.82) is 0 Å². The molecule has 0 bridgehead atoms. The van der Waals surface area contributed by atoms with Crippen molar-refractivity contribution < 1.29 is 19.1 Å². The Balaban J connectivity index is 1.68. The van der Waals surface area contributed by atoms with Crippen LogP contribution in [0.4, 0.5) is 0 Å². The first-order chi connectivity index (χ1) is 14.0. The Hall–Kier alpha value is -2.73. The molecule has 0 saturated carbocycles. The van der Waals surface area contributed by atoms with E-state index < -0.39 is 0 Å². The second kappa shape index (κ2) is 12.0.